The van der Waals surface area contributed by atoms with Gasteiger partial charge >= 0.3 is 0 Å². The van der Waals surface area contributed by atoms with E-state index >= 15 is 0 Å². The van der Waals surface area contributed by atoms with Gasteiger partial charge in [0.1, 0.15) is 0 Å². The minimum absolute atomic E-state index is 0.432. The number of hydrogen-bond acceptors (Lipinski definition) is 3. The Morgan fingerprint density at radius 2 is 2.12 bits per heavy atom. The average molecular weight is 236 g/mol. The lowest BCUT2D eigenvalue weighted by Gasteiger charge is -2.35. The molecule has 0 aliphatic heterocycles. The van der Waals surface area contributed by atoms with E-state index < -0.39 is 0 Å². The monoisotopic (exact) mass is 236 g/mol. The van der Waals surface area contributed by atoms with Gasteiger partial charge in [-0.1, -0.05) is 6.92 Å². The van der Waals surface area contributed by atoms with Gasteiger partial charge in [-0.05, 0) is 38.3 Å². The van der Waals surface area contributed by atoms with Crippen molar-refractivity contribution in [1.82, 2.24) is 14.7 Å². The van der Waals surface area contributed by atoms with Crippen molar-refractivity contribution in [2.24, 2.45) is 12.8 Å². The van der Waals surface area contributed by atoms with Crippen LogP contribution in [-0.2, 0) is 13.6 Å². The number of aromatic nitrogens is 2. The highest BCUT2D eigenvalue weighted by Gasteiger charge is 2.23. The molecule has 1 saturated carbocycles. The van der Waals surface area contributed by atoms with E-state index in [-0.39, 0.29) is 0 Å². The predicted molar refractivity (Wildman–Crippen MR) is 69.5 cm³/mol. The molecule has 1 aliphatic rings. The second-order valence-corrected chi connectivity index (χ2v) is 5.08. The Bertz CT molecular complexity index is 339. The smallest absolute Gasteiger partial charge is 0.0521 e. The second kappa shape index (κ2) is 5.65. The van der Waals surface area contributed by atoms with Gasteiger partial charge < -0.3 is 5.73 Å². The van der Waals surface area contributed by atoms with Crippen LogP contribution < -0.4 is 5.73 Å². The van der Waals surface area contributed by atoms with Gasteiger partial charge in [-0.3, -0.25) is 9.58 Å². The molecule has 0 aromatic carbocycles. The van der Waals surface area contributed by atoms with Crippen molar-refractivity contribution >= 4 is 0 Å². The van der Waals surface area contributed by atoms with E-state index in [0.717, 1.165) is 13.1 Å². The third-order valence-electron chi connectivity index (χ3n) is 3.95. The van der Waals surface area contributed by atoms with E-state index in [1.54, 1.807) is 0 Å². The molecule has 1 fully saturated rings. The zero-order valence-corrected chi connectivity index (χ0v) is 11.0. The molecule has 0 unspecified atom stereocenters. The maximum absolute atomic E-state index is 5.97. The van der Waals surface area contributed by atoms with Crippen molar-refractivity contribution in [1.29, 1.82) is 0 Å². The lowest BCUT2D eigenvalue weighted by atomic mass is 9.90. The van der Waals surface area contributed by atoms with E-state index in [1.807, 2.05) is 17.9 Å². The summed E-state index contributed by atoms with van der Waals surface area (Å²) in [6.45, 7) is 4.35. The quantitative estimate of drug-likeness (QED) is 0.862. The van der Waals surface area contributed by atoms with Gasteiger partial charge in [0.05, 0.1) is 5.69 Å². The molecule has 1 aromatic heterocycles. The molecule has 0 radical (unpaired) electrons. The lowest BCUT2D eigenvalue weighted by Crippen LogP contribution is -2.40. The van der Waals surface area contributed by atoms with Crippen molar-refractivity contribution in [2.45, 2.75) is 51.2 Å². The molecule has 96 valence electrons. The van der Waals surface area contributed by atoms with Crippen LogP contribution in [0, 0.1) is 0 Å². The third-order valence-corrected chi connectivity index (χ3v) is 3.95. The van der Waals surface area contributed by atoms with Crippen LogP contribution in [-0.4, -0.2) is 33.3 Å². The van der Waals surface area contributed by atoms with Crippen molar-refractivity contribution < 1.29 is 0 Å². The van der Waals surface area contributed by atoms with Crippen LogP contribution in [0.15, 0.2) is 12.3 Å². The van der Waals surface area contributed by atoms with Crippen molar-refractivity contribution in [2.75, 3.05) is 6.54 Å². The minimum atomic E-state index is 0.432. The molecule has 4 heteroatoms. The molecule has 0 saturated heterocycles. The molecule has 1 aromatic rings. The maximum Gasteiger partial charge on any atom is 0.0521 e. The molecule has 0 spiro atoms. The average Bonchev–Trinajstić information content (AvgIpc) is 2.73. The van der Waals surface area contributed by atoms with Crippen LogP contribution in [0.2, 0.25) is 0 Å². The van der Waals surface area contributed by atoms with Crippen LogP contribution in [0.4, 0.5) is 0 Å². The summed E-state index contributed by atoms with van der Waals surface area (Å²) >= 11 is 0. The highest BCUT2D eigenvalue weighted by molar-refractivity contribution is 5.00. The Morgan fingerprint density at radius 1 is 1.41 bits per heavy atom. The van der Waals surface area contributed by atoms with Crippen molar-refractivity contribution in [3.05, 3.63) is 18.0 Å². The minimum Gasteiger partial charge on any atom is -0.328 e. The first kappa shape index (κ1) is 12.6. The normalized spacial score (nSPS) is 25.4. The molecule has 2 rings (SSSR count). The Labute approximate surface area is 104 Å². The van der Waals surface area contributed by atoms with Gasteiger partial charge in [0, 0.05) is 31.9 Å². The highest BCUT2D eigenvalue weighted by atomic mass is 15.3. The van der Waals surface area contributed by atoms with Gasteiger partial charge in [0.25, 0.3) is 0 Å². The summed E-state index contributed by atoms with van der Waals surface area (Å²) in [4.78, 5) is 2.56. The Kier molecular flexibility index (Phi) is 4.18. The molecular formula is C13H24N4. The van der Waals surface area contributed by atoms with Crippen molar-refractivity contribution in [3.8, 4) is 0 Å². The van der Waals surface area contributed by atoms with E-state index in [1.165, 1.54) is 31.4 Å². The van der Waals surface area contributed by atoms with Gasteiger partial charge in [-0.2, -0.15) is 5.10 Å². The Balaban J connectivity index is 1.95. The molecule has 2 N–H and O–H groups in total. The number of aryl methyl sites for hydroxylation is 1. The predicted octanol–water partition coefficient (Wildman–Crippen LogP) is 1.51. The maximum atomic E-state index is 5.97. The Morgan fingerprint density at radius 3 is 2.65 bits per heavy atom. The summed E-state index contributed by atoms with van der Waals surface area (Å²) < 4.78 is 1.97. The van der Waals surface area contributed by atoms with Gasteiger partial charge in [-0.15, -0.1) is 0 Å². The molecule has 1 heterocycles. The van der Waals surface area contributed by atoms with E-state index in [4.69, 9.17) is 5.73 Å². The SMILES string of the molecule is CCN(Cc1ccnn1C)C1CCC(N)CC1. The first-order valence-electron chi connectivity index (χ1n) is 6.67. The topological polar surface area (TPSA) is 47.1 Å². The summed E-state index contributed by atoms with van der Waals surface area (Å²) in [5.74, 6) is 0. The highest BCUT2D eigenvalue weighted by Crippen LogP contribution is 2.23. The zero-order valence-electron chi connectivity index (χ0n) is 11.0. The molecular weight excluding hydrogens is 212 g/mol. The molecule has 0 atom stereocenters. The van der Waals surface area contributed by atoms with Crippen LogP contribution in [0.5, 0.6) is 0 Å². The van der Waals surface area contributed by atoms with Gasteiger partial charge in [-0.25, -0.2) is 0 Å². The fourth-order valence-electron chi connectivity index (χ4n) is 2.73. The van der Waals surface area contributed by atoms with Crippen LogP contribution in [0.1, 0.15) is 38.3 Å². The van der Waals surface area contributed by atoms with Crippen LogP contribution >= 0.6 is 0 Å². The summed E-state index contributed by atoms with van der Waals surface area (Å²) in [6.07, 6.45) is 6.71. The van der Waals surface area contributed by atoms with Crippen LogP contribution in [0.25, 0.3) is 0 Å². The number of hydrogen-bond donors (Lipinski definition) is 1. The Hall–Kier alpha value is -0.870. The first-order chi connectivity index (χ1) is 8.20. The van der Waals surface area contributed by atoms with Gasteiger partial charge in [0.15, 0.2) is 0 Å². The molecule has 1 aliphatic carbocycles. The largest absolute Gasteiger partial charge is 0.328 e. The number of nitrogens with zero attached hydrogens (tertiary/aromatic N) is 3. The number of rotatable bonds is 4. The lowest BCUT2D eigenvalue weighted by molar-refractivity contribution is 0.146. The van der Waals surface area contributed by atoms with Crippen molar-refractivity contribution in [3.63, 3.8) is 0 Å². The summed E-state index contributed by atoms with van der Waals surface area (Å²) in [5, 5.41) is 4.23. The fraction of sp³-hybridized carbons (Fsp3) is 0.769. The molecule has 0 amide bonds. The van der Waals surface area contributed by atoms with E-state index in [0.29, 0.717) is 12.1 Å². The summed E-state index contributed by atoms with van der Waals surface area (Å²) in [7, 11) is 2.01. The second-order valence-electron chi connectivity index (χ2n) is 5.08. The molecule has 0 bridgehead atoms. The fourth-order valence-corrected chi connectivity index (χ4v) is 2.73. The van der Waals surface area contributed by atoms with E-state index in [9.17, 15) is 0 Å². The van der Waals surface area contributed by atoms with Crippen LogP contribution in [0.3, 0.4) is 0 Å². The zero-order chi connectivity index (χ0) is 12.3. The summed E-state index contributed by atoms with van der Waals surface area (Å²) in [5.41, 5.74) is 7.26. The number of nitrogens with two attached hydrogens (primary N) is 1. The summed E-state index contributed by atoms with van der Waals surface area (Å²) in [6, 6.07) is 3.24. The molecule has 4 nitrogen and oxygen atoms in total. The third kappa shape index (κ3) is 3.07. The van der Waals surface area contributed by atoms with E-state index in [2.05, 4.69) is 23.0 Å². The first-order valence-corrected chi connectivity index (χ1v) is 6.67. The van der Waals surface area contributed by atoms with Gasteiger partial charge in [0.2, 0.25) is 0 Å². The molecule has 17 heavy (non-hydrogen) atoms. The standard InChI is InChI=1S/C13H24N4/c1-3-17(10-13-8-9-15-16(13)2)12-6-4-11(14)5-7-12/h8-9,11-12H,3-7,10,14H2,1-2H3.